The number of hydrogen-bond donors (Lipinski definition) is 1. The molecule has 0 bridgehead atoms. The fourth-order valence-corrected chi connectivity index (χ4v) is 3.19. The van der Waals surface area contributed by atoms with Gasteiger partial charge in [-0.3, -0.25) is 14.9 Å². The molecule has 8 nitrogen and oxygen atoms in total. The smallest absolute Gasteiger partial charge is 0.306 e. The number of amides is 1. The molecule has 1 heterocycles. The average molecular weight is 422 g/mol. The quantitative estimate of drug-likeness (QED) is 0.367. The molecule has 11 heteroatoms. The summed E-state index contributed by atoms with van der Waals surface area (Å²) < 4.78 is 15.1. The molecule has 0 fully saturated rings. The number of hydrogen-bond acceptors (Lipinski definition) is 6. The molecular weight excluding hydrogens is 409 g/mol. The topological polar surface area (TPSA) is 103 Å². The molecule has 1 N–H and O–H groups in total. The van der Waals surface area contributed by atoms with E-state index in [2.05, 4.69) is 15.5 Å². The Morgan fingerprint density at radius 1 is 1.29 bits per heavy atom. The molecule has 0 aliphatic carbocycles. The lowest BCUT2D eigenvalue weighted by molar-refractivity contribution is -0.387. The molecule has 1 amide bonds. The Bertz CT molecular complexity index is 1040. The van der Waals surface area contributed by atoms with Crippen molar-refractivity contribution in [3.05, 3.63) is 63.4 Å². The second-order valence-corrected chi connectivity index (χ2v) is 7.01. The highest BCUT2D eigenvalue weighted by atomic mass is 35.5. The Morgan fingerprint density at radius 2 is 2.00 bits per heavy atom. The predicted octanol–water partition coefficient (Wildman–Crippen LogP) is 3.91. The van der Waals surface area contributed by atoms with E-state index >= 15 is 0 Å². The van der Waals surface area contributed by atoms with Gasteiger partial charge < -0.3 is 9.88 Å². The number of rotatable bonds is 6. The number of halogens is 2. The van der Waals surface area contributed by atoms with Crippen LogP contribution in [0.2, 0.25) is 5.02 Å². The summed E-state index contributed by atoms with van der Waals surface area (Å²) in [5.74, 6) is -0.764. The van der Waals surface area contributed by atoms with Crippen LogP contribution in [0.3, 0.4) is 0 Å². The standard InChI is InChI=1S/C17H13ClFN5O3S/c1-23-16(10-2-4-11(18)5-3-10)21-22-17(23)28-9-15(25)20-12-6-7-13(19)14(8-12)24(26)27/h2-8H,9H2,1H3,(H,20,25). The highest BCUT2D eigenvalue weighted by molar-refractivity contribution is 7.99. The second kappa shape index (κ2) is 8.36. The first-order valence-electron chi connectivity index (χ1n) is 7.87. The first-order valence-corrected chi connectivity index (χ1v) is 9.23. The van der Waals surface area contributed by atoms with Crippen LogP contribution >= 0.6 is 23.4 Å². The van der Waals surface area contributed by atoms with Crippen LogP contribution < -0.4 is 5.32 Å². The zero-order valence-corrected chi connectivity index (χ0v) is 16.0. The van der Waals surface area contributed by atoms with E-state index in [1.165, 1.54) is 6.07 Å². The van der Waals surface area contributed by atoms with Crippen molar-refractivity contribution in [1.29, 1.82) is 0 Å². The normalized spacial score (nSPS) is 10.7. The highest BCUT2D eigenvalue weighted by Gasteiger charge is 2.16. The van der Waals surface area contributed by atoms with Crippen molar-refractivity contribution in [2.75, 3.05) is 11.1 Å². The Morgan fingerprint density at radius 3 is 2.68 bits per heavy atom. The van der Waals surface area contributed by atoms with Crippen LogP contribution in [0.25, 0.3) is 11.4 Å². The van der Waals surface area contributed by atoms with Gasteiger partial charge in [0.05, 0.1) is 10.7 Å². The van der Waals surface area contributed by atoms with Crippen LogP contribution in [-0.2, 0) is 11.8 Å². The van der Waals surface area contributed by atoms with E-state index in [9.17, 15) is 19.3 Å². The van der Waals surface area contributed by atoms with Gasteiger partial charge in [-0.2, -0.15) is 4.39 Å². The largest absolute Gasteiger partial charge is 0.325 e. The van der Waals surface area contributed by atoms with Crippen molar-refractivity contribution >= 4 is 40.6 Å². The summed E-state index contributed by atoms with van der Waals surface area (Å²) in [6.45, 7) is 0. The molecular formula is C17H13ClFN5O3S. The van der Waals surface area contributed by atoms with Crippen LogP contribution in [0, 0.1) is 15.9 Å². The molecule has 0 radical (unpaired) electrons. The van der Waals surface area contributed by atoms with Gasteiger partial charge in [-0.15, -0.1) is 10.2 Å². The summed E-state index contributed by atoms with van der Waals surface area (Å²) in [5, 5.41) is 22.6. The monoisotopic (exact) mass is 421 g/mol. The fourth-order valence-electron chi connectivity index (χ4n) is 2.35. The van der Waals surface area contributed by atoms with E-state index in [1.54, 1.807) is 23.7 Å². The zero-order chi connectivity index (χ0) is 20.3. The van der Waals surface area contributed by atoms with E-state index in [4.69, 9.17) is 11.6 Å². The SMILES string of the molecule is Cn1c(SCC(=O)Nc2ccc(F)c([N+](=O)[O-])c2)nnc1-c1ccc(Cl)cc1. The van der Waals surface area contributed by atoms with Gasteiger partial charge >= 0.3 is 5.69 Å². The number of nitrogens with one attached hydrogen (secondary N) is 1. The van der Waals surface area contributed by atoms with Gasteiger partial charge in [-0.05, 0) is 36.4 Å². The van der Waals surface area contributed by atoms with Gasteiger partial charge in [0.2, 0.25) is 11.7 Å². The van der Waals surface area contributed by atoms with Gasteiger partial charge in [0, 0.05) is 29.4 Å². The molecule has 2 aromatic carbocycles. The third-order valence-electron chi connectivity index (χ3n) is 3.70. The van der Waals surface area contributed by atoms with Crippen LogP contribution in [0.1, 0.15) is 0 Å². The van der Waals surface area contributed by atoms with Gasteiger partial charge in [0.1, 0.15) is 0 Å². The van der Waals surface area contributed by atoms with Crippen molar-refractivity contribution in [1.82, 2.24) is 14.8 Å². The Balaban J connectivity index is 1.65. The van der Waals surface area contributed by atoms with Crippen LogP contribution in [0.15, 0.2) is 47.6 Å². The first-order chi connectivity index (χ1) is 13.3. The maximum atomic E-state index is 13.4. The Kier molecular flexibility index (Phi) is 5.90. The van der Waals surface area contributed by atoms with Crippen LogP contribution in [-0.4, -0.2) is 31.3 Å². The van der Waals surface area contributed by atoms with Gasteiger partial charge in [0.15, 0.2) is 11.0 Å². The summed E-state index contributed by atoms with van der Waals surface area (Å²) in [4.78, 5) is 22.0. The molecule has 0 saturated heterocycles. The van der Waals surface area contributed by atoms with Crippen LogP contribution in [0.4, 0.5) is 15.8 Å². The minimum absolute atomic E-state index is 0.00222. The molecule has 0 unspecified atom stereocenters. The summed E-state index contributed by atoms with van der Waals surface area (Å²) in [7, 11) is 1.77. The highest BCUT2D eigenvalue weighted by Crippen LogP contribution is 2.25. The third-order valence-corrected chi connectivity index (χ3v) is 4.97. The summed E-state index contributed by atoms with van der Waals surface area (Å²) in [6.07, 6.45) is 0. The number of aromatic nitrogens is 3. The number of anilines is 1. The summed E-state index contributed by atoms with van der Waals surface area (Å²) in [6, 6.07) is 10.3. The average Bonchev–Trinajstić information content (AvgIpc) is 3.02. The molecule has 1 aromatic heterocycles. The lowest BCUT2D eigenvalue weighted by atomic mass is 10.2. The van der Waals surface area contributed by atoms with E-state index in [-0.39, 0.29) is 11.4 Å². The number of nitro groups is 1. The van der Waals surface area contributed by atoms with E-state index in [1.807, 2.05) is 12.1 Å². The molecule has 3 aromatic rings. The van der Waals surface area contributed by atoms with Gasteiger partial charge in [-0.25, -0.2) is 0 Å². The van der Waals surface area contributed by atoms with Crippen molar-refractivity contribution in [2.24, 2.45) is 7.05 Å². The Hall–Kier alpha value is -2.98. The molecule has 3 rings (SSSR count). The number of thioether (sulfide) groups is 1. The van der Waals surface area contributed by atoms with Crippen molar-refractivity contribution in [3.8, 4) is 11.4 Å². The number of nitrogens with zero attached hydrogens (tertiary/aromatic N) is 4. The van der Waals surface area contributed by atoms with Gasteiger partial charge in [0.25, 0.3) is 0 Å². The maximum Gasteiger partial charge on any atom is 0.306 e. The number of carbonyl (C=O) groups is 1. The van der Waals surface area contributed by atoms with E-state index < -0.39 is 22.3 Å². The lowest BCUT2D eigenvalue weighted by Gasteiger charge is -2.06. The van der Waals surface area contributed by atoms with E-state index in [0.717, 1.165) is 29.5 Å². The molecule has 144 valence electrons. The van der Waals surface area contributed by atoms with Crippen molar-refractivity contribution in [3.63, 3.8) is 0 Å². The molecule has 0 saturated carbocycles. The second-order valence-electron chi connectivity index (χ2n) is 5.63. The molecule has 0 spiro atoms. The number of carbonyl (C=O) groups excluding carboxylic acids is 1. The van der Waals surface area contributed by atoms with Gasteiger partial charge in [-0.1, -0.05) is 23.4 Å². The molecule has 0 aliphatic heterocycles. The molecule has 0 atom stereocenters. The third kappa shape index (κ3) is 4.46. The minimum Gasteiger partial charge on any atom is -0.325 e. The predicted molar refractivity (Wildman–Crippen MR) is 104 cm³/mol. The molecule has 28 heavy (non-hydrogen) atoms. The minimum atomic E-state index is -0.966. The summed E-state index contributed by atoms with van der Waals surface area (Å²) in [5.41, 5.74) is 0.263. The van der Waals surface area contributed by atoms with E-state index in [0.29, 0.717) is 16.0 Å². The first kappa shape index (κ1) is 19.8. The maximum absolute atomic E-state index is 13.4. The number of benzene rings is 2. The molecule has 0 aliphatic rings. The van der Waals surface area contributed by atoms with Crippen molar-refractivity contribution < 1.29 is 14.1 Å². The fraction of sp³-hybridized carbons (Fsp3) is 0.118. The number of nitro benzene ring substituents is 1. The lowest BCUT2D eigenvalue weighted by Crippen LogP contribution is -2.14. The summed E-state index contributed by atoms with van der Waals surface area (Å²) >= 11 is 7.03. The zero-order valence-electron chi connectivity index (χ0n) is 14.4. The Labute approximate surface area is 167 Å². The van der Waals surface area contributed by atoms with Crippen molar-refractivity contribution in [2.45, 2.75) is 5.16 Å². The van der Waals surface area contributed by atoms with Crippen LogP contribution in [0.5, 0.6) is 0 Å².